The van der Waals surface area contributed by atoms with Crippen molar-refractivity contribution in [1.29, 1.82) is 0 Å². The Morgan fingerprint density at radius 2 is 2.00 bits per heavy atom. The SMILES string of the molecule is CNCCCCC1=CCCN(Cc2ccccc2)C1. The van der Waals surface area contributed by atoms with Gasteiger partial charge in [-0.1, -0.05) is 42.0 Å². The Labute approximate surface area is 117 Å². The van der Waals surface area contributed by atoms with E-state index in [2.05, 4.69) is 46.6 Å². The van der Waals surface area contributed by atoms with Gasteiger partial charge in [0.1, 0.15) is 0 Å². The molecule has 1 aliphatic heterocycles. The molecule has 1 heterocycles. The zero-order valence-corrected chi connectivity index (χ0v) is 12.1. The molecule has 1 aliphatic rings. The second-order valence-electron chi connectivity index (χ2n) is 5.41. The van der Waals surface area contributed by atoms with Crippen LogP contribution >= 0.6 is 0 Å². The van der Waals surface area contributed by atoms with E-state index in [1.807, 2.05) is 7.05 Å². The largest absolute Gasteiger partial charge is 0.320 e. The third kappa shape index (κ3) is 5.17. The first-order valence-corrected chi connectivity index (χ1v) is 7.47. The van der Waals surface area contributed by atoms with E-state index >= 15 is 0 Å². The van der Waals surface area contributed by atoms with Crippen LogP contribution in [0.4, 0.5) is 0 Å². The second kappa shape index (κ2) is 8.13. The molecule has 0 unspecified atom stereocenters. The predicted octanol–water partition coefficient (Wildman–Crippen LogP) is 3.21. The van der Waals surface area contributed by atoms with Crippen molar-refractivity contribution in [2.24, 2.45) is 0 Å². The molecular weight excluding hydrogens is 232 g/mol. The summed E-state index contributed by atoms with van der Waals surface area (Å²) in [5, 5.41) is 3.22. The smallest absolute Gasteiger partial charge is 0.0237 e. The lowest BCUT2D eigenvalue weighted by atomic mass is 10.0. The van der Waals surface area contributed by atoms with Crippen LogP contribution in [0.25, 0.3) is 0 Å². The van der Waals surface area contributed by atoms with Gasteiger partial charge in [-0.15, -0.1) is 0 Å². The van der Waals surface area contributed by atoms with Crippen molar-refractivity contribution >= 4 is 0 Å². The lowest BCUT2D eigenvalue weighted by molar-refractivity contribution is 0.278. The molecule has 1 aromatic carbocycles. The Hall–Kier alpha value is -1.12. The fourth-order valence-corrected chi connectivity index (χ4v) is 2.69. The van der Waals surface area contributed by atoms with E-state index in [4.69, 9.17) is 0 Å². The van der Waals surface area contributed by atoms with Gasteiger partial charge >= 0.3 is 0 Å². The molecule has 0 atom stereocenters. The van der Waals surface area contributed by atoms with Crippen LogP contribution in [-0.4, -0.2) is 31.6 Å². The molecule has 0 amide bonds. The molecule has 0 aromatic heterocycles. The van der Waals surface area contributed by atoms with E-state index in [1.54, 1.807) is 5.57 Å². The minimum atomic E-state index is 1.09. The van der Waals surface area contributed by atoms with Crippen molar-refractivity contribution in [2.45, 2.75) is 32.2 Å². The van der Waals surface area contributed by atoms with Crippen LogP contribution < -0.4 is 5.32 Å². The van der Waals surface area contributed by atoms with Crippen molar-refractivity contribution in [3.8, 4) is 0 Å². The summed E-state index contributed by atoms with van der Waals surface area (Å²) in [6, 6.07) is 10.8. The lowest BCUT2D eigenvalue weighted by Crippen LogP contribution is -2.29. The van der Waals surface area contributed by atoms with E-state index in [1.165, 1.54) is 37.8 Å². The first-order chi connectivity index (χ1) is 9.38. The number of rotatable bonds is 7. The maximum Gasteiger partial charge on any atom is 0.0237 e. The summed E-state index contributed by atoms with van der Waals surface area (Å²) >= 11 is 0. The first-order valence-electron chi connectivity index (χ1n) is 7.47. The number of hydrogen-bond acceptors (Lipinski definition) is 2. The van der Waals surface area contributed by atoms with Gasteiger partial charge in [-0.25, -0.2) is 0 Å². The Balaban J connectivity index is 1.75. The van der Waals surface area contributed by atoms with Gasteiger partial charge in [0.25, 0.3) is 0 Å². The number of nitrogens with one attached hydrogen (secondary N) is 1. The summed E-state index contributed by atoms with van der Waals surface area (Å²) in [5.41, 5.74) is 3.07. The molecule has 0 bridgehead atoms. The zero-order valence-electron chi connectivity index (χ0n) is 12.1. The highest BCUT2D eigenvalue weighted by atomic mass is 15.1. The average Bonchev–Trinajstić information content (AvgIpc) is 2.45. The Kier molecular flexibility index (Phi) is 6.12. The summed E-state index contributed by atoms with van der Waals surface area (Å²) < 4.78 is 0. The standard InChI is InChI=1S/C17H26N2/c1-18-12-6-5-10-17-11-7-13-19(15-17)14-16-8-3-2-4-9-16/h2-4,8-9,11,18H,5-7,10,12-15H2,1H3. The van der Waals surface area contributed by atoms with Gasteiger partial charge in [0, 0.05) is 19.6 Å². The maximum absolute atomic E-state index is 3.22. The van der Waals surface area contributed by atoms with Crippen LogP contribution in [0.2, 0.25) is 0 Å². The van der Waals surface area contributed by atoms with Gasteiger partial charge < -0.3 is 5.32 Å². The Morgan fingerprint density at radius 3 is 2.79 bits per heavy atom. The lowest BCUT2D eigenvalue weighted by Gasteiger charge is -2.27. The normalized spacial score (nSPS) is 16.4. The highest BCUT2D eigenvalue weighted by Crippen LogP contribution is 2.17. The van der Waals surface area contributed by atoms with Gasteiger partial charge in [-0.3, -0.25) is 4.90 Å². The minimum Gasteiger partial charge on any atom is -0.320 e. The first kappa shape index (κ1) is 14.3. The molecule has 0 saturated heterocycles. The quantitative estimate of drug-likeness (QED) is 0.597. The third-order valence-corrected chi connectivity index (χ3v) is 3.73. The molecule has 1 N–H and O–H groups in total. The molecule has 0 fully saturated rings. The number of hydrogen-bond donors (Lipinski definition) is 1. The van der Waals surface area contributed by atoms with E-state index in [0.717, 1.165) is 19.6 Å². The summed E-state index contributed by atoms with van der Waals surface area (Å²) in [6.45, 7) is 4.60. The molecule has 2 heteroatoms. The van der Waals surface area contributed by atoms with E-state index in [-0.39, 0.29) is 0 Å². The van der Waals surface area contributed by atoms with Crippen molar-refractivity contribution in [3.05, 3.63) is 47.5 Å². The van der Waals surface area contributed by atoms with E-state index < -0.39 is 0 Å². The molecule has 0 aliphatic carbocycles. The van der Waals surface area contributed by atoms with Crippen molar-refractivity contribution in [3.63, 3.8) is 0 Å². The van der Waals surface area contributed by atoms with Gasteiger partial charge in [0.2, 0.25) is 0 Å². The number of unbranched alkanes of at least 4 members (excludes halogenated alkanes) is 1. The zero-order chi connectivity index (χ0) is 13.3. The molecule has 0 radical (unpaired) electrons. The number of nitrogens with zero attached hydrogens (tertiary/aromatic N) is 1. The Morgan fingerprint density at radius 1 is 1.16 bits per heavy atom. The summed E-state index contributed by atoms with van der Waals surface area (Å²) in [5.74, 6) is 0. The fourth-order valence-electron chi connectivity index (χ4n) is 2.69. The molecule has 1 aromatic rings. The second-order valence-corrected chi connectivity index (χ2v) is 5.41. The van der Waals surface area contributed by atoms with Crippen molar-refractivity contribution in [1.82, 2.24) is 10.2 Å². The van der Waals surface area contributed by atoms with Crippen molar-refractivity contribution in [2.75, 3.05) is 26.7 Å². The molecule has 2 nitrogen and oxygen atoms in total. The maximum atomic E-state index is 3.22. The highest BCUT2D eigenvalue weighted by Gasteiger charge is 2.12. The predicted molar refractivity (Wildman–Crippen MR) is 82.2 cm³/mol. The van der Waals surface area contributed by atoms with E-state index in [9.17, 15) is 0 Å². The molecule has 2 rings (SSSR count). The topological polar surface area (TPSA) is 15.3 Å². The fraction of sp³-hybridized carbons (Fsp3) is 0.529. The van der Waals surface area contributed by atoms with Gasteiger partial charge in [-0.2, -0.15) is 0 Å². The van der Waals surface area contributed by atoms with Crippen LogP contribution in [0.5, 0.6) is 0 Å². The van der Waals surface area contributed by atoms with Crippen LogP contribution in [0.1, 0.15) is 31.2 Å². The van der Waals surface area contributed by atoms with Crippen LogP contribution in [0.3, 0.4) is 0 Å². The molecule has 0 saturated carbocycles. The highest BCUT2D eigenvalue weighted by molar-refractivity contribution is 5.16. The summed E-state index contributed by atoms with van der Waals surface area (Å²) in [4.78, 5) is 2.57. The minimum absolute atomic E-state index is 1.09. The van der Waals surface area contributed by atoms with Gasteiger partial charge in [0.05, 0.1) is 0 Å². The third-order valence-electron chi connectivity index (χ3n) is 3.73. The Bertz CT molecular complexity index is 384. The molecule has 0 spiro atoms. The summed E-state index contributed by atoms with van der Waals surface area (Å²) in [6.07, 6.45) is 7.54. The van der Waals surface area contributed by atoms with Crippen LogP contribution in [0, 0.1) is 0 Å². The molecule has 104 valence electrons. The molecule has 19 heavy (non-hydrogen) atoms. The summed E-state index contributed by atoms with van der Waals surface area (Å²) in [7, 11) is 2.03. The van der Waals surface area contributed by atoms with Gasteiger partial charge in [0.15, 0.2) is 0 Å². The van der Waals surface area contributed by atoms with Crippen LogP contribution in [0.15, 0.2) is 42.0 Å². The van der Waals surface area contributed by atoms with Crippen LogP contribution in [-0.2, 0) is 6.54 Å². The van der Waals surface area contributed by atoms with E-state index in [0.29, 0.717) is 0 Å². The monoisotopic (exact) mass is 258 g/mol. The average molecular weight is 258 g/mol. The molecular formula is C17H26N2. The van der Waals surface area contributed by atoms with Gasteiger partial charge in [-0.05, 0) is 44.8 Å². The number of benzene rings is 1. The van der Waals surface area contributed by atoms with Crippen molar-refractivity contribution < 1.29 is 0 Å².